The molecule has 19 heavy (non-hydrogen) atoms. The van der Waals surface area contributed by atoms with Crippen LogP contribution in [0.3, 0.4) is 0 Å². The van der Waals surface area contributed by atoms with Gasteiger partial charge in [0, 0.05) is 23.4 Å². The van der Waals surface area contributed by atoms with Crippen LogP contribution in [-0.4, -0.2) is 24.8 Å². The lowest BCUT2D eigenvalue weighted by molar-refractivity contribution is -0.480. The highest BCUT2D eigenvalue weighted by Crippen LogP contribution is 2.46. The third-order valence-electron chi connectivity index (χ3n) is 3.79. The molecule has 0 radical (unpaired) electrons. The van der Waals surface area contributed by atoms with Gasteiger partial charge in [-0.1, -0.05) is 19.3 Å². The minimum Gasteiger partial charge on any atom is -0.323 e. The van der Waals surface area contributed by atoms with Crippen LogP contribution in [0.2, 0.25) is 0 Å². The molecule has 0 N–H and O–H groups in total. The number of hydrogen-bond acceptors (Lipinski definition) is 4. The Morgan fingerprint density at radius 3 is 2.58 bits per heavy atom. The second-order valence-electron chi connectivity index (χ2n) is 5.24. The van der Waals surface area contributed by atoms with E-state index in [4.69, 9.17) is 20.6 Å². The number of hydrogen-bond donors (Lipinski definition) is 0. The van der Waals surface area contributed by atoms with Crippen LogP contribution in [0.1, 0.15) is 30.9 Å². The normalized spacial score (nSPS) is 33.1. The van der Waals surface area contributed by atoms with Crippen LogP contribution in [0.15, 0.2) is 18.5 Å². The summed E-state index contributed by atoms with van der Waals surface area (Å²) in [7, 11) is 0. The summed E-state index contributed by atoms with van der Waals surface area (Å²) < 4.78 is 17.6. The summed E-state index contributed by atoms with van der Waals surface area (Å²) in [5.41, 5.74) is 1.37. The average Bonchev–Trinajstić information content (AvgIpc) is 2.49. The minimum atomic E-state index is -1.16. The van der Waals surface area contributed by atoms with Crippen LogP contribution in [0.25, 0.3) is 0 Å². The fourth-order valence-corrected chi connectivity index (χ4v) is 2.74. The average molecular weight is 259 g/mol. The van der Waals surface area contributed by atoms with Crippen molar-refractivity contribution in [3.05, 3.63) is 29.6 Å². The molecule has 0 aliphatic carbocycles. The van der Waals surface area contributed by atoms with E-state index in [0.29, 0.717) is 30.9 Å². The Hall–Kier alpha value is -1.41. The van der Waals surface area contributed by atoms with Gasteiger partial charge in [0.1, 0.15) is 0 Å². The van der Waals surface area contributed by atoms with Gasteiger partial charge in [-0.2, -0.15) is 0 Å². The molecule has 100 valence electrons. The Labute approximate surface area is 113 Å². The first-order valence-corrected chi connectivity index (χ1v) is 6.57. The minimum absolute atomic E-state index is 0.00494. The van der Waals surface area contributed by atoms with Crippen LogP contribution in [0, 0.1) is 17.8 Å². The van der Waals surface area contributed by atoms with Gasteiger partial charge in [0.05, 0.1) is 25.4 Å². The highest BCUT2D eigenvalue weighted by atomic mass is 16.9. The molecule has 4 heteroatoms. The van der Waals surface area contributed by atoms with Gasteiger partial charge in [0.15, 0.2) is 0 Å². The third-order valence-corrected chi connectivity index (χ3v) is 3.79. The number of rotatable bonds is 3. The van der Waals surface area contributed by atoms with E-state index in [-0.39, 0.29) is 5.41 Å². The van der Waals surface area contributed by atoms with Crippen molar-refractivity contribution in [1.82, 2.24) is 4.98 Å². The van der Waals surface area contributed by atoms with Gasteiger partial charge in [0.2, 0.25) is 0 Å². The van der Waals surface area contributed by atoms with Gasteiger partial charge in [-0.15, -0.1) is 6.42 Å². The van der Waals surface area contributed by atoms with Crippen LogP contribution >= 0.6 is 0 Å². The highest BCUT2D eigenvalue weighted by Gasteiger charge is 2.54. The van der Waals surface area contributed by atoms with Gasteiger partial charge in [-0.25, -0.2) is 0 Å². The van der Waals surface area contributed by atoms with Gasteiger partial charge < -0.3 is 14.2 Å². The van der Waals surface area contributed by atoms with E-state index in [1.165, 1.54) is 0 Å². The summed E-state index contributed by atoms with van der Waals surface area (Å²) in [6, 6.07) is 1.77. The maximum absolute atomic E-state index is 5.87. The molecule has 0 amide bonds. The summed E-state index contributed by atoms with van der Waals surface area (Å²) in [5, 5.41) is 0. The summed E-state index contributed by atoms with van der Waals surface area (Å²) in [6.45, 7) is 4.07. The Balaban J connectivity index is 1.90. The second-order valence-corrected chi connectivity index (χ2v) is 5.24. The van der Waals surface area contributed by atoms with E-state index in [9.17, 15) is 0 Å². The molecule has 0 unspecified atom stereocenters. The predicted molar refractivity (Wildman–Crippen MR) is 69.0 cm³/mol. The molecule has 4 rings (SSSR count). The van der Waals surface area contributed by atoms with Crippen molar-refractivity contribution in [2.75, 3.05) is 19.8 Å². The lowest BCUT2D eigenvalue weighted by Gasteiger charge is -2.51. The molecule has 3 aliphatic rings. The first kappa shape index (κ1) is 12.6. The maximum Gasteiger partial charge on any atom is 0.314 e. The molecular weight excluding hydrogens is 242 g/mol. The molecule has 0 atom stereocenters. The molecule has 4 heterocycles. The zero-order valence-corrected chi connectivity index (χ0v) is 11.0. The van der Waals surface area contributed by atoms with E-state index in [0.717, 1.165) is 12.8 Å². The van der Waals surface area contributed by atoms with Crippen molar-refractivity contribution in [2.45, 2.75) is 25.7 Å². The van der Waals surface area contributed by atoms with E-state index >= 15 is 0 Å². The van der Waals surface area contributed by atoms with Gasteiger partial charge in [-0.3, -0.25) is 4.98 Å². The fourth-order valence-electron chi connectivity index (χ4n) is 2.74. The predicted octanol–water partition coefficient (Wildman–Crippen LogP) is 2.04. The maximum atomic E-state index is 5.87. The summed E-state index contributed by atoms with van der Waals surface area (Å²) in [5.74, 6) is 1.46. The largest absolute Gasteiger partial charge is 0.323 e. The van der Waals surface area contributed by atoms with E-state index in [1.54, 1.807) is 18.5 Å². The van der Waals surface area contributed by atoms with E-state index in [2.05, 4.69) is 17.8 Å². The van der Waals surface area contributed by atoms with Crippen molar-refractivity contribution in [3.63, 3.8) is 0 Å². The molecule has 3 saturated heterocycles. The van der Waals surface area contributed by atoms with Crippen molar-refractivity contribution < 1.29 is 14.2 Å². The third kappa shape index (κ3) is 1.95. The highest BCUT2D eigenvalue weighted by molar-refractivity contribution is 5.39. The Morgan fingerprint density at radius 2 is 2.00 bits per heavy atom. The van der Waals surface area contributed by atoms with Crippen LogP contribution in [-0.2, 0) is 20.2 Å². The molecule has 0 saturated carbocycles. The first-order chi connectivity index (χ1) is 9.24. The number of pyridine rings is 1. The SMILES string of the molecule is C#Cc1ccncc1C12OCC(CCC)(CO1)CO2. The molecule has 3 fully saturated rings. The lowest BCUT2D eigenvalue weighted by Crippen LogP contribution is -2.58. The van der Waals surface area contributed by atoms with Crippen LogP contribution < -0.4 is 0 Å². The number of terminal acetylenes is 1. The summed E-state index contributed by atoms with van der Waals surface area (Å²) in [6.07, 6.45) is 11.0. The van der Waals surface area contributed by atoms with Gasteiger partial charge >= 0.3 is 5.97 Å². The standard InChI is InChI=1S/C15H17NO3/c1-3-6-14-9-17-15(18-10-14,19-11-14)13-8-16-7-5-12(13)4-2/h2,5,7-8H,3,6,9-11H2,1H3. The molecule has 1 aromatic heterocycles. The number of nitrogens with zero attached hydrogens (tertiary/aromatic N) is 1. The fraction of sp³-hybridized carbons (Fsp3) is 0.533. The number of ether oxygens (including phenoxy) is 3. The second kappa shape index (κ2) is 4.61. The quantitative estimate of drug-likeness (QED) is 0.779. The Morgan fingerprint density at radius 1 is 1.32 bits per heavy atom. The Bertz CT molecular complexity index is 496. The number of aromatic nitrogens is 1. The number of fused-ring (bicyclic) bond motifs is 3. The lowest BCUT2D eigenvalue weighted by atomic mass is 9.83. The zero-order valence-electron chi connectivity index (χ0n) is 11.0. The van der Waals surface area contributed by atoms with Gasteiger partial charge in [-0.05, 0) is 12.5 Å². The summed E-state index contributed by atoms with van der Waals surface area (Å²) in [4.78, 5) is 4.10. The molecule has 0 spiro atoms. The molecule has 2 bridgehead atoms. The molecule has 0 aromatic carbocycles. The molecule has 4 nitrogen and oxygen atoms in total. The van der Waals surface area contributed by atoms with E-state index in [1.807, 2.05) is 0 Å². The van der Waals surface area contributed by atoms with E-state index < -0.39 is 5.97 Å². The zero-order chi connectivity index (χ0) is 13.3. The monoisotopic (exact) mass is 259 g/mol. The van der Waals surface area contributed by atoms with Crippen LogP contribution in [0.5, 0.6) is 0 Å². The van der Waals surface area contributed by atoms with Gasteiger partial charge in [0.25, 0.3) is 0 Å². The summed E-state index contributed by atoms with van der Waals surface area (Å²) >= 11 is 0. The Kier molecular flexibility index (Phi) is 3.06. The topological polar surface area (TPSA) is 40.6 Å². The smallest absolute Gasteiger partial charge is 0.314 e. The molecular formula is C15H17NO3. The first-order valence-electron chi connectivity index (χ1n) is 6.57. The van der Waals surface area contributed by atoms with Crippen molar-refractivity contribution in [2.24, 2.45) is 5.41 Å². The van der Waals surface area contributed by atoms with Crippen molar-refractivity contribution in [3.8, 4) is 12.3 Å². The molecule has 1 aromatic rings. The van der Waals surface area contributed by atoms with Crippen molar-refractivity contribution >= 4 is 0 Å². The van der Waals surface area contributed by atoms with Crippen molar-refractivity contribution in [1.29, 1.82) is 0 Å². The van der Waals surface area contributed by atoms with Crippen LogP contribution in [0.4, 0.5) is 0 Å². The molecule has 3 aliphatic heterocycles.